The Labute approximate surface area is 217 Å². The molecule has 5 nitrogen and oxygen atoms in total. The molecule has 202 valence electrons. The van der Waals surface area contributed by atoms with E-state index in [1.165, 1.54) is 11.5 Å². The lowest BCUT2D eigenvalue weighted by Gasteiger charge is -2.25. The molecule has 1 unspecified atom stereocenters. The van der Waals surface area contributed by atoms with Crippen LogP contribution in [0.2, 0.25) is 0 Å². The van der Waals surface area contributed by atoms with E-state index in [9.17, 15) is 18.0 Å². The van der Waals surface area contributed by atoms with Crippen LogP contribution < -0.4 is 5.32 Å². The summed E-state index contributed by atoms with van der Waals surface area (Å²) in [5.41, 5.74) is 3.85. The van der Waals surface area contributed by atoms with Crippen molar-refractivity contribution in [2.45, 2.75) is 72.5 Å². The summed E-state index contributed by atoms with van der Waals surface area (Å²) in [4.78, 5) is 16.1. The van der Waals surface area contributed by atoms with Gasteiger partial charge in [0.1, 0.15) is 6.54 Å². The molecule has 0 radical (unpaired) electrons. The fourth-order valence-corrected chi connectivity index (χ4v) is 4.91. The molecule has 1 N–H and O–H groups in total. The van der Waals surface area contributed by atoms with E-state index in [0.29, 0.717) is 23.2 Å². The number of halogens is 3. The van der Waals surface area contributed by atoms with Gasteiger partial charge in [-0.15, -0.1) is 0 Å². The minimum absolute atomic E-state index is 0.0154. The highest BCUT2D eigenvalue weighted by Gasteiger charge is 2.34. The van der Waals surface area contributed by atoms with Gasteiger partial charge in [-0.1, -0.05) is 40.7 Å². The van der Waals surface area contributed by atoms with Crippen molar-refractivity contribution < 1.29 is 22.7 Å². The summed E-state index contributed by atoms with van der Waals surface area (Å²) in [5.74, 6) is -0.192. The zero-order valence-corrected chi connectivity index (χ0v) is 22.8. The molecule has 1 aromatic carbocycles. The van der Waals surface area contributed by atoms with E-state index in [2.05, 4.69) is 17.2 Å². The van der Waals surface area contributed by atoms with Crippen molar-refractivity contribution in [2.24, 2.45) is 5.41 Å². The second kappa shape index (κ2) is 11.3. The number of benzene rings is 1. The van der Waals surface area contributed by atoms with Crippen LogP contribution in [0.15, 0.2) is 36.5 Å². The summed E-state index contributed by atoms with van der Waals surface area (Å²) in [6.07, 6.45) is -2.31. The average Bonchev–Trinajstić information content (AvgIpc) is 3.08. The first kappa shape index (κ1) is 28.7. The number of nitrogens with one attached hydrogen (secondary N) is 1. The Kier molecular flexibility index (Phi) is 8.73. The SMILES string of the molecule is CNCC(C)c1ccc2c(c1)c(CC(C)(C)COC(C)=O)c(-c1cccnc1C(C)C)n2CC(F)(F)F. The topological polar surface area (TPSA) is 56.1 Å². The highest BCUT2D eigenvalue weighted by Crippen LogP contribution is 2.42. The van der Waals surface area contributed by atoms with Crippen LogP contribution >= 0.6 is 0 Å². The second-order valence-corrected chi connectivity index (χ2v) is 11.0. The minimum Gasteiger partial charge on any atom is -0.465 e. The van der Waals surface area contributed by atoms with Crippen LogP contribution in [0.25, 0.3) is 22.2 Å². The number of hydrogen-bond donors (Lipinski definition) is 1. The van der Waals surface area contributed by atoms with Gasteiger partial charge in [0.25, 0.3) is 0 Å². The second-order valence-electron chi connectivity index (χ2n) is 11.0. The van der Waals surface area contributed by atoms with Gasteiger partial charge in [-0.2, -0.15) is 13.2 Å². The van der Waals surface area contributed by atoms with Crippen LogP contribution in [-0.2, 0) is 22.5 Å². The normalized spacial score (nSPS) is 13.4. The highest BCUT2D eigenvalue weighted by molar-refractivity contribution is 5.93. The summed E-state index contributed by atoms with van der Waals surface area (Å²) < 4.78 is 48.7. The van der Waals surface area contributed by atoms with Crippen molar-refractivity contribution >= 4 is 16.9 Å². The number of ether oxygens (including phenoxy) is 1. The minimum atomic E-state index is -4.41. The standard InChI is InChI=1S/C29H38F3N3O2/c1-18(2)26-22(9-8-12-34-26)27-24(14-28(5,6)17-37-20(4)36)23-13-21(19(3)15-33-7)10-11-25(23)35(27)16-29(30,31)32/h8-13,18-19,33H,14-17H2,1-7H3. The molecular weight excluding hydrogens is 479 g/mol. The number of carbonyl (C=O) groups excluding carboxylic acids is 1. The summed E-state index contributed by atoms with van der Waals surface area (Å²) in [5, 5.41) is 3.96. The van der Waals surface area contributed by atoms with Crippen LogP contribution in [0, 0.1) is 5.41 Å². The summed E-state index contributed by atoms with van der Waals surface area (Å²) >= 11 is 0. The van der Waals surface area contributed by atoms with Crippen molar-refractivity contribution in [3.05, 3.63) is 53.3 Å². The molecule has 2 aromatic heterocycles. The van der Waals surface area contributed by atoms with Crippen molar-refractivity contribution in [1.82, 2.24) is 14.9 Å². The number of pyridine rings is 1. The Morgan fingerprint density at radius 3 is 2.46 bits per heavy atom. The predicted octanol–water partition coefficient (Wildman–Crippen LogP) is 6.84. The van der Waals surface area contributed by atoms with E-state index < -0.39 is 18.1 Å². The number of likely N-dealkylation sites (N-methyl/N-ethyl adjacent to an activating group) is 1. The van der Waals surface area contributed by atoms with Gasteiger partial charge in [-0.25, -0.2) is 0 Å². The Morgan fingerprint density at radius 2 is 1.86 bits per heavy atom. The van der Waals surface area contributed by atoms with E-state index in [4.69, 9.17) is 4.74 Å². The molecule has 3 aromatic rings. The van der Waals surface area contributed by atoms with Crippen LogP contribution in [0.5, 0.6) is 0 Å². The van der Waals surface area contributed by atoms with Gasteiger partial charge in [0.05, 0.1) is 18.0 Å². The number of fused-ring (bicyclic) bond motifs is 1. The van der Waals surface area contributed by atoms with Gasteiger partial charge < -0.3 is 14.6 Å². The Bertz CT molecular complexity index is 1250. The molecule has 0 aliphatic rings. The lowest BCUT2D eigenvalue weighted by molar-refractivity contribution is -0.144. The first-order valence-corrected chi connectivity index (χ1v) is 12.7. The molecule has 0 saturated carbocycles. The smallest absolute Gasteiger partial charge is 0.406 e. The van der Waals surface area contributed by atoms with Crippen molar-refractivity contribution in [2.75, 3.05) is 20.2 Å². The lowest BCUT2D eigenvalue weighted by Crippen LogP contribution is -2.24. The number of carbonyl (C=O) groups is 1. The third-order valence-corrected chi connectivity index (χ3v) is 6.57. The van der Waals surface area contributed by atoms with Gasteiger partial charge in [0.2, 0.25) is 0 Å². The zero-order chi connectivity index (χ0) is 27.5. The van der Waals surface area contributed by atoms with Gasteiger partial charge in [0, 0.05) is 41.5 Å². The fraction of sp³-hybridized carbons (Fsp3) is 0.517. The Morgan fingerprint density at radius 1 is 1.16 bits per heavy atom. The third kappa shape index (κ3) is 6.92. The van der Waals surface area contributed by atoms with E-state index in [1.54, 1.807) is 18.3 Å². The van der Waals surface area contributed by atoms with Gasteiger partial charge in [-0.05, 0) is 60.7 Å². The van der Waals surface area contributed by atoms with E-state index in [0.717, 1.165) is 28.8 Å². The molecule has 0 spiro atoms. The van der Waals surface area contributed by atoms with Crippen molar-refractivity contribution in [3.63, 3.8) is 0 Å². The Balaban J connectivity index is 2.39. The van der Waals surface area contributed by atoms with Gasteiger partial charge in [0.15, 0.2) is 0 Å². The highest BCUT2D eigenvalue weighted by atomic mass is 19.4. The number of alkyl halides is 3. The molecule has 2 heterocycles. The predicted molar refractivity (Wildman–Crippen MR) is 142 cm³/mol. The molecule has 37 heavy (non-hydrogen) atoms. The van der Waals surface area contributed by atoms with Crippen LogP contribution in [0.3, 0.4) is 0 Å². The maximum Gasteiger partial charge on any atom is 0.406 e. The first-order valence-electron chi connectivity index (χ1n) is 12.7. The van der Waals surface area contributed by atoms with Crippen LogP contribution in [0.4, 0.5) is 13.2 Å². The molecule has 0 fully saturated rings. The number of hydrogen-bond acceptors (Lipinski definition) is 4. The summed E-state index contributed by atoms with van der Waals surface area (Å²) in [6.45, 7) is 11.2. The molecule has 0 aliphatic carbocycles. The van der Waals surface area contributed by atoms with E-state index in [1.807, 2.05) is 52.9 Å². The first-order chi connectivity index (χ1) is 17.2. The molecule has 0 amide bonds. The number of esters is 1. The van der Waals surface area contributed by atoms with E-state index in [-0.39, 0.29) is 24.4 Å². The molecular formula is C29H38F3N3O2. The molecule has 0 aliphatic heterocycles. The quantitative estimate of drug-likeness (QED) is 0.299. The van der Waals surface area contributed by atoms with E-state index >= 15 is 0 Å². The molecule has 0 bridgehead atoms. The lowest BCUT2D eigenvalue weighted by atomic mass is 9.83. The molecule has 3 rings (SSSR count). The van der Waals surface area contributed by atoms with Crippen LogP contribution in [0.1, 0.15) is 70.2 Å². The molecule has 1 atom stereocenters. The fourth-order valence-electron chi connectivity index (χ4n) is 4.91. The summed E-state index contributed by atoms with van der Waals surface area (Å²) in [6, 6.07) is 9.37. The number of rotatable bonds is 10. The average molecular weight is 518 g/mol. The largest absolute Gasteiger partial charge is 0.465 e. The number of aromatic nitrogens is 2. The van der Waals surface area contributed by atoms with Gasteiger partial charge in [-0.3, -0.25) is 9.78 Å². The summed E-state index contributed by atoms with van der Waals surface area (Å²) in [7, 11) is 1.88. The van der Waals surface area contributed by atoms with Gasteiger partial charge >= 0.3 is 12.1 Å². The zero-order valence-electron chi connectivity index (χ0n) is 22.8. The Hall–Kier alpha value is -2.87. The van der Waals surface area contributed by atoms with Crippen molar-refractivity contribution in [1.29, 1.82) is 0 Å². The number of nitrogens with zero attached hydrogens (tertiary/aromatic N) is 2. The third-order valence-electron chi connectivity index (χ3n) is 6.57. The molecule has 0 saturated heterocycles. The van der Waals surface area contributed by atoms with Crippen LogP contribution in [-0.4, -0.2) is 41.9 Å². The monoisotopic (exact) mass is 517 g/mol. The maximum absolute atomic E-state index is 14.0. The maximum atomic E-state index is 14.0. The van der Waals surface area contributed by atoms with Crippen molar-refractivity contribution in [3.8, 4) is 11.3 Å². The molecule has 8 heteroatoms.